The lowest BCUT2D eigenvalue weighted by molar-refractivity contribution is 0.0778. The van der Waals surface area contributed by atoms with Gasteiger partial charge in [-0.15, -0.1) is 0 Å². The fraction of sp³-hybridized carbons (Fsp3) is 0.462. The molecule has 0 bridgehead atoms. The molecule has 19 heavy (non-hydrogen) atoms. The molecule has 0 saturated heterocycles. The Kier molecular flexibility index (Phi) is 6.83. The largest absolute Gasteiger partial charge is 0.395 e. The van der Waals surface area contributed by atoms with Crippen molar-refractivity contribution in [1.29, 1.82) is 0 Å². The average molecular weight is 288 g/mol. The summed E-state index contributed by atoms with van der Waals surface area (Å²) in [6.07, 6.45) is -2.45. The molecule has 0 heterocycles. The number of halogens is 2. The molecule has 106 valence electrons. The van der Waals surface area contributed by atoms with Crippen LogP contribution in [0, 0.1) is 0 Å². The number of nitrogens with two attached hydrogens (primary N) is 1. The van der Waals surface area contributed by atoms with Crippen molar-refractivity contribution in [3.05, 3.63) is 35.9 Å². The van der Waals surface area contributed by atoms with Crippen LogP contribution in [0.1, 0.15) is 11.5 Å². The Hall–Kier alpha value is -1.11. The Bertz CT molecular complexity index is 389. The Morgan fingerprint density at radius 3 is 2.37 bits per heavy atom. The zero-order valence-electron chi connectivity index (χ0n) is 10.5. The lowest BCUT2D eigenvalue weighted by Crippen LogP contribution is -2.38. The van der Waals surface area contributed by atoms with Crippen molar-refractivity contribution in [1.82, 2.24) is 4.90 Å². The smallest absolute Gasteiger partial charge is 0.251 e. The number of alkyl halides is 2. The lowest BCUT2D eigenvalue weighted by atomic mass is 9.98. The number of rotatable bonds is 8. The summed E-state index contributed by atoms with van der Waals surface area (Å²) in [5.74, 6) is -0.290. The fourth-order valence-corrected chi connectivity index (χ4v) is 2.11. The predicted octanol–water partition coefficient (Wildman–Crippen LogP) is 1.62. The number of hydrogen-bond donors (Lipinski definition) is 2. The number of aliphatic hydroxyl groups excluding tert-OH is 1. The van der Waals surface area contributed by atoms with Gasteiger partial charge in [0.05, 0.1) is 18.1 Å². The van der Waals surface area contributed by atoms with Gasteiger partial charge in [-0.25, -0.2) is 8.78 Å². The Labute approximate surface area is 117 Å². The van der Waals surface area contributed by atoms with Crippen LogP contribution in [0.5, 0.6) is 0 Å². The molecule has 0 spiro atoms. The molecule has 1 unspecified atom stereocenters. The molecule has 0 radical (unpaired) electrons. The van der Waals surface area contributed by atoms with Crippen molar-refractivity contribution in [2.45, 2.75) is 12.3 Å². The van der Waals surface area contributed by atoms with Crippen molar-refractivity contribution in [2.75, 3.05) is 26.2 Å². The quantitative estimate of drug-likeness (QED) is 0.714. The maximum Gasteiger partial charge on any atom is 0.251 e. The highest BCUT2D eigenvalue weighted by Gasteiger charge is 2.20. The van der Waals surface area contributed by atoms with Crippen LogP contribution in [0.15, 0.2) is 30.3 Å². The standard InChI is InChI=1S/C13H18F2N2OS/c14-12(15)9-17(6-7-18)8-11(13(16)19)10-4-2-1-3-5-10/h1-5,11-12,18H,6-9H2,(H2,16,19). The third kappa shape index (κ3) is 5.59. The monoisotopic (exact) mass is 288 g/mol. The Balaban J connectivity index is 2.79. The molecule has 1 rings (SSSR count). The van der Waals surface area contributed by atoms with Gasteiger partial charge >= 0.3 is 0 Å². The third-order valence-electron chi connectivity index (χ3n) is 2.80. The number of nitrogens with zero attached hydrogens (tertiary/aromatic N) is 1. The summed E-state index contributed by atoms with van der Waals surface area (Å²) in [6.45, 7) is -0.112. The van der Waals surface area contributed by atoms with E-state index in [2.05, 4.69) is 0 Å². The van der Waals surface area contributed by atoms with Crippen LogP contribution in [0.25, 0.3) is 0 Å². The van der Waals surface area contributed by atoms with Crippen LogP contribution in [-0.2, 0) is 0 Å². The maximum absolute atomic E-state index is 12.5. The molecular formula is C13H18F2N2OS. The molecule has 1 aromatic carbocycles. The van der Waals surface area contributed by atoms with Gasteiger partial charge in [0.2, 0.25) is 0 Å². The minimum Gasteiger partial charge on any atom is -0.395 e. The first-order valence-corrected chi connectivity index (χ1v) is 6.41. The second-order valence-electron chi connectivity index (χ2n) is 4.24. The first-order valence-electron chi connectivity index (χ1n) is 6.00. The van der Waals surface area contributed by atoms with Crippen molar-refractivity contribution in [2.24, 2.45) is 5.73 Å². The van der Waals surface area contributed by atoms with Crippen LogP contribution >= 0.6 is 12.2 Å². The van der Waals surface area contributed by atoms with Crippen LogP contribution in [0.4, 0.5) is 8.78 Å². The number of thiocarbonyl (C=S) groups is 1. The maximum atomic E-state index is 12.5. The summed E-state index contributed by atoms with van der Waals surface area (Å²) in [5, 5.41) is 8.92. The van der Waals surface area contributed by atoms with Crippen LogP contribution < -0.4 is 5.73 Å². The van der Waals surface area contributed by atoms with Gasteiger partial charge in [0.25, 0.3) is 6.43 Å². The number of hydrogen-bond acceptors (Lipinski definition) is 3. The van der Waals surface area contributed by atoms with Gasteiger partial charge in [-0.2, -0.15) is 0 Å². The van der Waals surface area contributed by atoms with E-state index in [1.165, 1.54) is 4.90 Å². The molecule has 0 aromatic heterocycles. The zero-order chi connectivity index (χ0) is 14.3. The Morgan fingerprint density at radius 2 is 1.89 bits per heavy atom. The van der Waals surface area contributed by atoms with Gasteiger partial charge in [0, 0.05) is 19.0 Å². The fourth-order valence-electron chi connectivity index (χ4n) is 1.90. The van der Waals surface area contributed by atoms with E-state index in [9.17, 15) is 8.78 Å². The molecule has 0 saturated carbocycles. The predicted molar refractivity (Wildman–Crippen MR) is 75.5 cm³/mol. The van der Waals surface area contributed by atoms with Gasteiger partial charge in [-0.1, -0.05) is 42.5 Å². The average Bonchev–Trinajstić information content (AvgIpc) is 2.36. The minimum atomic E-state index is -2.45. The van der Waals surface area contributed by atoms with E-state index in [4.69, 9.17) is 23.1 Å². The zero-order valence-corrected chi connectivity index (χ0v) is 11.3. The lowest BCUT2D eigenvalue weighted by Gasteiger charge is -2.26. The first kappa shape index (κ1) is 15.9. The summed E-state index contributed by atoms with van der Waals surface area (Å²) in [4.78, 5) is 1.74. The summed E-state index contributed by atoms with van der Waals surface area (Å²) < 4.78 is 24.9. The molecule has 0 aliphatic rings. The van der Waals surface area contributed by atoms with Crippen LogP contribution in [0.3, 0.4) is 0 Å². The summed E-state index contributed by atoms with van der Waals surface area (Å²) in [5.41, 5.74) is 6.59. The summed E-state index contributed by atoms with van der Waals surface area (Å²) in [7, 11) is 0. The van der Waals surface area contributed by atoms with Gasteiger partial charge in [0.15, 0.2) is 0 Å². The van der Waals surface area contributed by atoms with Gasteiger partial charge in [-0.05, 0) is 5.56 Å². The molecule has 0 fully saturated rings. The van der Waals surface area contributed by atoms with E-state index in [1.807, 2.05) is 30.3 Å². The van der Waals surface area contributed by atoms with Gasteiger partial charge in [0.1, 0.15) is 0 Å². The molecule has 0 aliphatic heterocycles. The topological polar surface area (TPSA) is 49.5 Å². The van der Waals surface area contributed by atoms with E-state index >= 15 is 0 Å². The van der Waals surface area contributed by atoms with Crippen molar-refractivity contribution in [3.8, 4) is 0 Å². The van der Waals surface area contributed by atoms with Gasteiger partial charge in [-0.3, -0.25) is 4.90 Å². The Morgan fingerprint density at radius 1 is 1.26 bits per heavy atom. The van der Waals surface area contributed by atoms with Crippen molar-refractivity contribution < 1.29 is 13.9 Å². The second kappa shape index (κ2) is 8.14. The number of benzene rings is 1. The molecule has 0 aliphatic carbocycles. The normalized spacial score (nSPS) is 12.9. The molecule has 6 heteroatoms. The molecule has 1 aromatic rings. The molecule has 1 atom stereocenters. The minimum absolute atomic E-state index is 0.175. The molecule has 3 N–H and O–H groups in total. The van der Waals surface area contributed by atoms with Crippen LogP contribution in [0.2, 0.25) is 0 Å². The highest BCUT2D eigenvalue weighted by atomic mass is 32.1. The first-order chi connectivity index (χ1) is 9.04. The third-order valence-corrected chi connectivity index (χ3v) is 3.08. The van der Waals surface area contributed by atoms with E-state index in [1.54, 1.807) is 0 Å². The van der Waals surface area contributed by atoms with E-state index in [0.29, 0.717) is 0 Å². The van der Waals surface area contributed by atoms with Crippen molar-refractivity contribution in [3.63, 3.8) is 0 Å². The SMILES string of the molecule is NC(=S)C(CN(CCO)CC(F)F)c1ccccc1. The summed E-state index contributed by atoms with van der Waals surface area (Å²) >= 11 is 5.02. The van der Waals surface area contributed by atoms with Crippen molar-refractivity contribution >= 4 is 17.2 Å². The highest BCUT2D eigenvalue weighted by molar-refractivity contribution is 7.80. The molecular weight excluding hydrogens is 270 g/mol. The van der Waals surface area contributed by atoms with Gasteiger partial charge < -0.3 is 10.8 Å². The van der Waals surface area contributed by atoms with Crippen LogP contribution in [-0.4, -0.2) is 47.7 Å². The molecule has 0 amide bonds. The highest BCUT2D eigenvalue weighted by Crippen LogP contribution is 2.18. The van der Waals surface area contributed by atoms with E-state index < -0.39 is 13.0 Å². The number of aliphatic hydroxyl groups is 1. The van der Waals surface area contributed by atoms with E-state index in [-0.39, 0.29) is 30.6 Å². The summed E-state index contributed by atoms with van der Waals surface area (Å²) in [6, 6.07) is 9.30. The molecule has 3 nitrogen and oxygen atoms in total. The van der Waals surface area contributed by atoms with E-state index in [0.717, 1.165) is 5.56 Å². The second-order valence-corrected chi connectivity index (χ2v) is 4.71.